The molecule has 1 amide bonds. The van der Waals surface area contributed by atoms with Crippen molar-refractivity contribution in [2.24, 2.45) is 0 Å². The first-order valence-corrected chi connectivity index (χ1v) is 3.62. The van der Waals surface area contributed by atoms with E-state index >= 15 is 0 Å². The van der Waals surface area contributed by atoms with E-state index in [9.17, 15) is 4.79 Å². The number of carbonyl (C=O) groups is 1. The van der Waals surface area contributed by atoms with Gasteiger partial charge in [0.15, 0.2) is 0 Å². The van der Waals surface area contributed by atoms with Crippen molar-refractivity contribution in [3.05, 3.63) is 35.9 Å². The molecule has 1 aromatic rings. The number of hydrogen-bond donors (Lipinski definition) is 0. The van der Waals surface area contributed by atoms with Gasteiger partial charge < -0.3 is 4.90 Å². The number of carbonyl (C=O) groups excluding carboxylic acids is 1. The van der Waals surface area contributed by atoms with Gasteiger partial charge in [0.1, 0.15) is 6.04 Å². The molecule has 1 aliphatic heterocycles. The molecule has 1 aliphatic rings. The Bertz CT molecular complexity index is 281. The van der Waals surface area contributed by atoms with Crippen LogP contribution in [0, 0.1) is 0 Å². The minimum atomic E-state index is 0.0381. The van der Waals surface area contributed by atoms with Gasteiger partial charge in [-0.1, -0.05) is 30.3 Å². The van der Waals surface area contributed by atoms with Gasteiger partial charge in [-0.2, -0.15) is 0 Å². The number of rotatable bonds is 1. The highest BCUT2D eigenvalue weighted by molar-refractivity contribution is 5.97. The number of hydrogen-bond acceptors (Lipinski definition) is 1. The lowest BCUT2D eigenvalue weighted by Crippen LogP contribution is -1.86. The lowest BCUT2D eigenvalue weighted by atomic mass is 10.2. The molecule has 0 bridgehead atoms. The van der Waals surface area contributed by atoms with Crippen LogP contribution in [0.15, 0.2) is 30.3 Å². The molecule has 1 unspecified atom stereocenters. The third-order valence-corrected chi connectivity index (χ3v) is 2.02. The summed E-state index contributed by atoms with van der Waals surface area (Å²) in [5.74, 6) is 0.219. The molecule has 0 radical (unpaired) electrons. The zero-order valence-corrected chi connectivity index (χ0v) is 6.32. The van der Waals surface area contributed by atoms with Gasteiger partial charge in [0.05, 0.1) is 0 Å². The standard InChI is InChI=1S/C9H9NO/c1-10-8(9(10)11)7-5-3-2-4-6-7/h2-6,8H,1H3. The molecule has 56 valence electrons. The molecule has 0 spiro atoms. The van der Waals surface area contributed by atoms with Crippen LogP contribution in [-0.2, 0) is 4.79 Å². The van der Waals surface area contributed by atoms with E-state index in [2.05, 4.69) is 0 Å². The van der Waals surface area contributed by atoms with E-state index in [4.69, 9.17) is 0 Å². The third-order valence-electron chi connectivity index (χ3n) is 2.02. The third kappa shape index (κ3) is 0.909. The van der Waals surface area contributed by atoms with Gasteiger partial charge in [0.25, 0.3) is 5.91 Å². The lowest BCUT2D eigenvalue weighted by molar-refractivity contribution is -0.113. The number of amides is 1. The molecule has 2 nitrogen and oxygen atoms in total. The lowest BCUT2D eigenvalue weighted by Gasteiger charge is -1.93. The molecule has 0 saturated carbocycles. The van der Waals surface area contributed by atoms with Crippen molar-refractivity contribution in [1.82, 2.24) is 4.90 Å². The van der Waals surface area contributed by atoms with Gasteiger partial charge in [-0.3, -0.25) is 4.79 Å². The Hall–Kier alpha value is -1.31. The van der Waals surface area contributed by atoms with E-state index in [1.165, 1.54) is 0 Å². The first-order chi connectivity index (χ1) is 5.30. The molecule has 0 N–H and O–H groups in total. The normalized spacial score (nSPS) is 22.1. The van der Waals surface area contributed by atoms with Crippen LogP contribution in [-0.4, -0.2) is 17.9 Å². The maximum Gasteiger partial charge on any atom is 0.250 e. The van der Waals surface area contributed by atoms with E-state index in [0.717, 1.165) is 5.56 Å². The fourth-order valence-electron chi connectivity index (χ4n) is 1.27. The minimum Gasteiger partial charge on any atom is -0.328 e. The molecule has 11 heavy (non-hydrogen) atoms. The molecular weight excluding hydrogens is 138 g/mol. The monoisotopic (exact) mass is 147 g/mol. The van der Waals surface area contributed by atoms with Gasteiger partial charge in [0, 0.05) is 7.05 Å². The Kier molecular flexibility index (Phi) is 1.22. The van der Waals surface area contributed by atoms with E-state index in [-0.39, 0.29) is 11.9 Å². The van der Waals surface area contributed by atoms with Crippen LogP contribution < -0.4 is 0 Å². The van der Waals surface area contributed by atoms with Crippen LogP contribution in [0.3, 0.4) is 0 Å². The first kappa shape index (κ1) is 6.40. The highest BCUT2D eigenvalue weighted by atomic mass is 16.2. The van der Waals surface area contributed by atoms with E-state index in [1.807, 2.05) is 37.4 Å². The summed E-state index contributed by atoms with van der Waals surface area (Å²) in [5, 5.41) is 0. The van der Waals surface area contributed by atoms with Crippen molar-refractivity contribution in [2.75, 3.05) is 7.05 Å². The fraction of sp³-hybridized carbons (Fsp3) is 0.222. The Morgan fingerprint density at radius 3 is 2.27 bits per heavy atom. The minimum absolute atomic E-state index is 0.0381. The molecule has 1 saturated heterocycles. The van der Waals surface area contributed by atoms with Crippen LogP contribution in [0.1, 0.15) is 11.6 Å². The van der Waals surface area contributed by atoms with Crippen molar-refractivity contribution < 1.29 is 4.79 Å². The quantitative estimate of drug-likeness (QED) is 0.546. The van der Waals surface area contributed by atoms with Gasteiger partial charge in [-0.15, -0.1) is 0 Å². The second kappa shape index (κ2) is 2.09. The van der Waals surface area contributed by atoms with Crippen molar-refractivity contribution in [3.8, 4) is 0 Å². The Morgan fingerprint density at radius 2 is 1.82 bits per heavy atom. The average Bonchev–Trinajstić information content (AvgIpc) is 2.62. The summed E-state index contributed by atoms with van der Waals surface area (Å²) in [6, 6.07) is 9.86. The number of nitrogens with zero attached hydrogens (tertiary/aromatic N) is 1. The van der Waals surface area contributed by atoms with E-state index in [1.54, 1.807) is 4.90 Å². The Morgan fingerprint density at radius 1 is 1.27 bits per heavy atom. The highest BCUT2D eigenvalue weighted by Gasteiger charge is 2.43. The van der Waals surface area contributed by atoms with Crippen molar-refractivity contribution in [3.63, 3.8) is 0 Å². The molecule has 1 atom stereocenters. The Labute approximate surface area is 65.4 Å². The van der Waals surface area contributed by atoms with Crippen LogP contribution in [0.4, 0.5) is 0 Å². The van der Waals surface area contributed by atoms with Gasteiger partial charge in [0.2, 0.25) is 0 Å². The van der Waals surface area contributed by atoms with Gasteiger partial charge >= 0.3 is 0 Å². The summed E-state index contributed by atoms with van der Waals surface area (Å²) in [7, 11) is 1.82. The topological polar surface area (TPSA) is 20.1 Å². The summed E-state index contributed by atoms with van der Waals surface area (Å²) < 4.78 is 0. The maximum absolute atomic E-state index is 10.9. The smallest absolute Gasteiger partial charge is 0.250 e. The molecule has 1 aromatic carbocycles. The van der Waals surface area contributed by atoms with E-state index < -0.39 is 0 Å². The van der Waals surface area contributed by atoms with E-state index in [0.29, 0.717) is 0 Å². The predicted octanol–water partition coefficient (Wildman–Crippen LogP) is 1.20. The van der Waals surface area contributed by atoms with Crippen LogP contribution in [0.5, 0.6) is 0 Å². The number of benzene rings is 1. The SMILES string of the molecule is CN1C(=O)C1c1ccccc1. The average molecular weight is 147 g/mol. The summed E-state index contributed by atoms with van der Waals surface area (Å²) >= 11 is 0. The van der Waals surface area contributed by atoms with Crippen molar-refractivity contribution in [2.45, 2.75) is 6.04 Å². The first-order valence-electron chi connectivity index (χ1n) is 3.62. The molecule has 0 aliphatic carbocycles. The molecule has 2 rings (SSSR count). The van der Waals surface area contributed by atoms with Crippen molar-refractivity contribution in [1.29, 1.82) is 0 Å². The summed E-state index contributed by atoms with van der Waals surface area (Å²) in [6.45, 7) is 0. The molecule has 0 aromatic heterocycles. The molecule has 2 heteroatoms. The molecule has 1 heterocycles. The summed E-state index contributed by atoms with van der Waals surface area (Å²) in [6.07, 6.45) is 0. The fourth-order valence-corrected chi connectivity index (χ4v) is 1.27. The number of likely N-dealkylation sites (N-methyl/N-ethyl adjacent to an activating group) is 1. The van der Waals surface area contributed by atoms with Crippen LogP contribution in [0.25, 0.3) is 0 Å². The Balaban J connectivity index is 2.27. The van der Waals surface area contributed by atoms with Crippen LogP contribution in [0.2, 0.25) is 0 Å². The largest absolute Gasteiger partial charge is 0.328 e. The molecular formula is C9H9NO. The maximum atomic E-state index is 10.9. The van der Waals surface area contributed by atoms with Gasteiger partial charge in [-0.05, 0) is 5.56 Å². The highest BCUT2D eigenvalue weighted by Crippen LogP contribution is 2.33. The predicted molar refractivity (Wildman–Crippen MR) is 42.0 cm³/mol. The van der Waals surface area contributed by atoms with Crippen LogP contribution >= 0.6 is 0 Å². The van der Waals surface area contributed by atoms with Gasteiger partial charge in [-0.25, -0.2) is 0 Å². The van der Waals surface area contributed by atoms with Crippen molar-refractivity contribution >= 4 is 5.91 Å². The zero-order chi connectivity index (χ0) is 7.84. The second-order valence-corrected chi connectivity index (χ2v) is 2.76. The zero-order valence-electron chi connectivity index (χ0n) is 6.32. The second-order valence-electron chi connectivity index (χ2n) is 2.76. The summed E-state index contributed by atoms with van der Waals surface area (Å²) in [4.78, 5) is 12.7. The molecule has 1 fully saturated rings. The summed E-state index contributed by atoms with van der Waals surface area (Å²) in [5.41, 5.74) is 1.10.